The van der Waals surface area contributed by atoms with Crippen molar-refractivity contribution in [2.75, 3.05) is 0 Å². The molecule has 0 spiro atoms. The van der Waals surface area contributed by atoms with E-state index < -0.39 is 0 Å². The minimum absolute atomic E-state index is 0.714. The van der Waals surface area contributed by atoms with E-state index in [1.807, 2.05) is 0 Å². The molecule has 1 aliphatic carbocycles. The fraction of sp³-hybridized carbons (Fsp3) is 1.00. The summed E-state index contributed by atoms with van der Waals surface area (Å²) < 4.78 is 0. The fourth-order valence-electron chi connectivity index (χ4n) is 1.24. The largest absolute Gasteiger partial charge is 0.176 e. The second kappa shape index (κ2) is 2.77. The van der Waals surface area contributed by atoms with Crippen molar-refractivity contribution in [3.8, 4) is 0 Å². The number of hydrogen-bond acceptors (Lipinski definition) is 1. The summed E-state index contributed by atoms with van der Waals surface area (Å²) in [6, 6.07) is 0. The van der Waals surface area contributed by atoms with Gasteiger partial charge in [0.2, 0.25) is 0 Å². The monoisotopic (exact) mass is 130 g/mol. The molecule has 1 saturated carbocycles. The number of rotatable bonds is 0. The topological polar surface area (TPSA) is 0 Å². The summed E-state index contributed by atoms with van der Waals surface area (Å²) in [6.07, 6.45) is 5.47. The summed E-state index contributed by atoms with van der Waals surface area (Å²) in [7, 11) is 0. The van der Waals surface area contributed by atoms with E-state index in [9.17, 15) is 0 Å². The fourth-order valence-corrected chi connectivity index (χ4v) is 1.54. The molecule has 8 heavy (non-hydrogen) atoms. The number of thiol groups is 1. The molecule has 0 N–H and O–H groups in total. The van der Waals surface area contributed by atoms with E-state index in [0.717, 1.165) is 5.92 Å². The van der Waals surface area contributed by atoms with Crippen LogP contribution >= 0.6 is 12.6 Å². The standard InChI is InChI=1S/C7H14S/c1-6-2-4-7(8)5-3-6/h6-8H,2-5H2,1H3/t6-,7-. The zero-order valence-electron chi connectivity index (χ0n) is 5.43. The molecule has 0 radical (unpaired) electrons. The van der Waals surface area contributed by atoms with Crippen molar-refractivity contribution in [3.63, 3.8) is 0 Å². The molecule has 0 saturated heterocycles. The third kappa shape index (κ3) is 1.70. The predicted octanol–water partition coefficient (Wildman–Crippen LogP) is 2.49. The second-order valence-corrected chi connectivity index (χ2v) is 3.64. The van der Waals surface area contributed by atoms with Gasteiger partial charge in [0.1, 0.15) is 0 Å². The third-order valence-electron chi connectivity index (χ3n) is 1.99. The molecule has 1 aliphatic rings. The van der Waals surface area contributed by atoms with Crippen LogP contribution in [0.15, 0.2) is 0 Å². The van der Waals surface area contributed by atoms with Gasteiger partial charge in [0.05, 0.1) is 0 Å². The van der Waals surface area contributed by atoms with Crippen LogP contribution in [0.3, 0.4) is 0 Å². The van der Waals surface area contributed by atoms with Gasteiger partial charge in [-0.25, -0.2) is 0 Å². The highest BCUT2D eigenvalue weighted by molar-refractivity contribution is 7.80. The van der Waals surface area contributed by atoms with Crippen LogP contribution in [-0.2, 0) is 0 Å². The Morgan fingerprint density at radius 1 is 1.12 bits per heavy atom. The molecule has 1 rings (SSSR count). The molecule has 0 aromatic carbocycles. The van der Waals surface area contributed by atoms with Crippen LogP contribution in [-0.4, -0.2) is 5.25 Å². The van der Waals surface area contributed by atoms with E-state index in [0.29, 0.717) is 5.25 Å². The molecule has 0 aromatic rings. The van der Waals surface area contributed by atoms with Crippen LogP contribution in [0.1, 0.15) is 32.6 Å². The van der Waals surface area contributed by atoms with Gasteiger partial charge in [-0.15, -0.1) is 0 Å². The smallest absolute Gasteiger partial charge is 0.00170 e. The molecule has 0 aromatic heterocycles. The summed E-state index contributed by atoms with van der Waals surface area (Å²) in [4.78, 5) is 0. The minimum Gasteiger partial charge on any atom is -0.176 e. The van der Waals surface area contributed by atoms with Gasteiger partial charge in [-0.2, -0.15) is 12.6 Å². The molecule has 0 aliphatic heterocycles. The summed E-state index contributed by atoms with van der Waals surface area (Å²) in [5.74, 6) is 0.971. The normalized spacial score (nSPS) is 39.8. The van der Waals surface area contributed by atoms with Crippen molar-refractivity contribution >= 4 is 12.6 Å². The summed E-state index contributed by atoms with van der Waals surface area (Å²) >= 11 is 4.40. The quantitative estimate of drug-likeness (QED) is 0.478. The Morgan fingerprint density at radius 3 is 2.00 bits per heavy atom. The van der Waals surface area contributed by atoms with Crippen molar-refractivity contribution in [3.05, 3.63) is 0 Å². The second-order valence-electron chi connectivity index (χ2n) is 2.91. The van der Waals surface area contributed by atoms with Crippen molar-refractivity contribution < 1.29 is 0 Å². The lowest BCUT2D eigenvalue weighted by atomic mass is 9.91. The lowest BCUT2D eigenvalue weighted by Gasteiger charge is -2.21. The first-order valence-corrected chi connectivity index (χ1v) is 3.98. The van der Waals surface area contributed by atoms with Gasteiger partial charge in [-0.1, -0.05) is 6.92 Å². The predicted molar refractivity (Wildman–Crippen MR) is 40.4 cm³/mol. The molecule has 0 atom stereocenters. The molecular weight excluding hydrogens is 116 g/mol. The third-order valence-corrected chi connectivity index (χ3v) is 2.50. The van der Waals surface area contributed by atoms with Crippen molar-refractivity contribution in [2.45, 2.75) is 37.9 Å². The average Bonchev–Trinajstić information content (AvgIpc) is 1.77. The van der Waals surface area contributed by atoms with Gasteiger partial charge in [-0.3, -0.25) is 0 Å². The van der Waals surface area contributed by atoms with Crippen LogP contribution < -0.4 is 0 Å². The van der Waals surface area contributed by atoms with E-state index in [2.05, 4.69) is 19.6 Å². The van der Waals surface area contributed by atoms with E-state index >= 15 is 0 Å². The molecule has 1 heteroatoms. The van der Waals surface area contributed by atoms with Gasteiger partial charge < -0.3 is 0 Å². The summed E-state index contributed by atoms with van der Waals surface area (Å²) in [6.45, 7) is 2.33. The van der Waals surface area contributed by atoms with Gasteiger partial charge in [0.25, 0.3) is 0 Å². The van der Waals surface area contributed by atoms with Gasteiger partial charge >= 0.3 is 0 Å². The van der Waals surface area contributed by atoms with E-state index in [1.54, 1.807) is 0 Å². The average molecular weight is 130 g/mol. The molecule has 1 fully saturated rings. The maximum atomic E-state index is 4.40. The molecule has 0 bridgehead atoms. The highest BCUT2D eigenvalue weighted by atomic mass is 32.1. The van der Waals surface area contributed by atoms with Crippen molar-refractivity contribution in [1.29, 1.82) is 0 Å². The molecule has 0 unspecified atom stereocenters. The zero-order valence-corrected chi connectivity index (χ0v) is 6.32. The molecular formula is C7H14S. The maximum Gasteiger partial charge on any atom is 0.00170 e. The first kappa shape index (κ1) is 6.47. The first-order valence-electron chi connectivity index (χ1n) is 3.47. The molecule has 48 valence electrons. The van der Waals surface area contributed by atoms with Crippen LogP contribution in [0.25, 0.3) is 0 Å². The zero-order chi connectivity index (χ0) is 5.98. The first-order chi connectivity index (χ1) is 3.79. The highest BCUT2D eigenvalue weighted by Gasteiger charge is 2.13. The van der Waals surface area contributed by atoms with Gasteiger partial charge in [0.15, 0.2) is 0 Å². The highest BCUT2D eigenvalue weighted by Crippen LogP contribution is 2.26. The van der Waals surface area contributed by atoms with E-state index in [1.165, 1.54) is 25.7 Å². The van der Waals surface area contributed by atoms with E-state index in [4.69, 9.17) is 0 Å². The SMILES string of the molecule is C[C@H]1CC[C@H](S)CC1. The molecule has 0 amide bonds. The van der Waals surface area contributed by atoms with Crippen molar-refractivity contribution in [1.82, 2.24) is 0 Å². The van der Waals surface area contributed by atoms with Gasteiger partial charge in [0, 0.05) is 5.25 Å². The Balaban J connectivity index is 2.19. The number of hydrogen-bond donors (Lipinski definition) is 1. The van der Waals surface area contributed by atoms with Crippen LogP contribution in [0.2, 0.25) is 0 Å². The summed E-state index contributed by atoms with van der Waals surface area (Å²) in [5, 5.41) is 0.714. The molecule has 0 nitrogen and oxygen atoms in total. The Kier molecular flexibility index (Phi) is 2.24. The Morgan fingerprint density at radius 2 is 1.62 bits per heavy atom. The Bertz CT molecular complexity index is 52.8. The van der Waals surface area contributed by atoms with Crippen LogP contribution in [0.5, 0.6) is 0 Å². The van der Waals surface area contributed by atoms with Gasteiger partial charge in [-0.05, 0) is 31.6 Å². The van der Waals surface area contributed by atoms with E-state index in [-0.39, 0.29) is 0 Å². The van der Waals surface area contributed by atoms with Crippen LogP contribution in [0, 0.1) is 5.92 Å². The minimum atomic E-state index is 0.714. The molecule has 0 heterocycles. The van der Waals surface area contributed by atoms with Crippen LogP contribution in [0.4, 0.5) is 0 Å². The Hall–Kier alpha value is 0.350. The lowest BCUT2D eigenvalue weighted by molar-refractivity contribution is 0.394. The lowest BCUT2D eigenvalue weighted by Crippen LogP contribution is -2.11. The summed E-state index contributed by atoms with van der Waals surface area (Å²) in [5.41, 5.74) is 0. The maximum absolute atomic E-state index is 4.40. The Labute approximate surface area is 57.1 Å². The van der Waals surface area contributed by atoms with Crippen molar-refractivity contribution in [2.24, 2.45) is 5.92 Å².